The maximum Gasteiger partial charge on any atom is 0.322 e. The Morgan fingerprint density at radius 3 is 2.30 bits per heavy atom. The normalized spacial score (nSPS) is 12.5. The minimum atomic E-state index is -0.918. The summed E-state index contributed by atoms with van der Waals surface area (Å²) in [6.45, 7) is 3.79. The van der Waals surface area contributed by atoms with Crippen LogP contribution in [0.2, 0.25) is 0 Å². The van der Waals surface area contributed by atoms with Crippen LogP contribution in [0, 0.1) is 0 Å². The first-order chi connectivity index (χ1) is 14.2. The van der Waals surface area contributed by atoms with Gasteiger partial charge in [0.2, 0.25) is 5.91 Å². The van der Waals surface area contributed by atoms with Crippen LogP contribution in [-0.2, 0) is 33.4 Å². The molecule has 0 aromatic heterocycles. The SMILES string of the molecule is CCCC(=O)CSSC[C@H](NC(=O)CC[C@H](N)C(=O)OCC)C(=O)CCC(=O)OC. The van der Waals surface area contributed by atoms with Crippen molar-refractivity contribution >= 4 is 51.0 Å². The minimum absolute atomic E-state index is 0.0481. The number of hydrogen-bond donors (Lipinski definition) is 2. The topological polar surface area (TPSA) is 142 Å². The number of nitrogens with two attached hydrogens (primary N) is 1. The fraction of sp³-hybridized carbons (Fsp3) is 0.737. The van der Waals surface area contributed by atoms with Crippen LogP contribution in [-0.4, -0.2) is 66.7 Å². The standard InChI is InChI=1S/C19H32N2O7S2/c1-4-6-13(22)11-29-30-12-15(16(23)8-10-18(25)27-3)21-17(24)9-7-14(20)19(26)28-5-2/h14-15H,4-12,20H2,1-3H3,(H,21,24)/t14-,15-/m0/s1. The zero-order valence-electron chi connectivity index (χ0n) is 17.8. The van der Waals surface area contributed by atoms with Crippen LogP contribution < -0.4 is 11.1 Å². The molecular weight excluding hydrogens is 432 g/mol. The van der Waals surface area contributed by atoms with Crippen molar-refractivity contribution in [3.05, 3.63) is 0 Å². The predicted molar refractivity (Wildman–Crippen MR) is 117 cm³/mol. The number of ketones is 2. The summed E-state index contributed by atoms with van der Waals surface area (Å²) in [6.07, 6.45) is 1.17. The van der Waals surface area contributed by atoms with E-state index in [2.05, 4.69) is 10.1 Å². The van der Waals surface area contributed by atoms with E-state index < -0.39 is 29.9 Å². The lowest BCUT2D eigenvalue weighted by atomic mass is 10.1. The second-order valence-corrected chi connectivity index (χ2v) is 8.90. The molecule has 30 heavy (non-hydrogen) atoms. The summed E-state index contributed by atoms with van der Waals surface area (Å²) in [4.78, 5) is 59.1. The second kappa shape index (κ2) is 17.1. The third-order valence-electron chi connectivity index (χ3n) is 3.87. The Morgan fingerprint density at radius 2 is 1.70 bits per heavy atom. The number of amides is 1. The summed E-state index contributed by atoms with van der Waals surface area (Å²) in [6, 6.07) is -1.74. The maximum absolute atomic E-state index is 12.5. The van der Waals surface area contributed by atoms with Gasteiger partial charge in [-0.3, -0.25) is 24.0 Å². The van der Waals surface area contributed by atoms with E-state index in [1.54, 1.807) is 6.92 Å². The Bertz CT molecular complexity index is 587. The van der Waals surface area contributed by atoms with Crippen molar-refractivity contribution in [1.29, 1.82) is 0 Å². The fourth-order valence-electron chi connectivity index (χ4n) is 2.21. The molecule has 0 unspecified atom stereocenters. The molecule has 0 rings (SSSR count). The number of carbonyl (C=O) groups excluding carboxylic acids is 5. The van der Waals surface area contributed by atoms with Crippen LogP contribution in [0.4, 0.5) is 0 Å². The number of hydrogen-bond acceptors (Lipinski definition) is 10. The van der Waals surface area contributed by atoms with Gasteiger partial charge in [-0.15, -0.1) is 0 Å². The lowest BCUT2D eigenvalue weighted by molar-refractivity contribution is -0.145. The van der Waals surface area contributed by atoms with Crippen LogP contribution >= 0.6 is 21.6 Å². The molecule has 3 N–H and O–H groups in total. The summed E-state index contributed by atoms with van der Waals surface area (Å²) in [5, 5.41) is 2.63. The summed E-state index contributed by atoms with van der Waals surface area (Å²) in [5.74, 6) is -1.14. The van der Waals surface area contributed by atoms with Gasteiger partial charge >= 0.3 is 11.9 Å². The van der Waals surface area contributed by atoms with E-state index in [0.29, 0.717) is 12.2 Å². The Kier molecular flexibility index (Phi) is 16.2. The Hall–Kier alpha value is -1.59. The lowest BCUT2D eigenvalue weighted by Crippen LogP contribution is -2.43. The van der Waals surface area contributed by atoms with Crippen molar-refractivity contribution in [2.75, 3.05) is 25.2 Å². The van der Waals surface area contributed by atoms with Gasteiger partial charge in [0.25, 0.3) is 0 Å². The highest BCUT2D eigenvalue weighted by Gasteiger charge is 2.23. The molecule has 0 aromatic rings. The summed E-state index contributed by atoms with van der Waals surface area (Å²) < 4.78 is 9.33. The first-order valence-corrected chi connectivity index (χ1v) is 12.3. The van der Waals surface area contributed by atoms with Crippen molar-refractivity contribution in [3.8, 4) is 0 Å². The molecule has 0 spiro atoms. The number of nitrogens with one attached hydrogen (secondary N) is 1. The molecule has 0 radical (unpaired) electrons. The van der Waals surface area contributed by atoms with Crippen LogP contribution in [0.25, 0.3) is 0 Å². The van der Waals surface area contributed by atoms with Crippen LogP contribution in [0.3, 0.4) is 0 Å². The maximum atomic E-state index is 12.5. The van der Waals surface area contributed by atoms with Crippen molar-refractivity contribution in [2.24, 2.45) is 5.73 Å². The van der Waals surface area contributed by atoms with E-state index in [1.165, 1.54) is 28.7 Å². The lowest BCUT2D eigenvalue weighted by Gasteiger charge is -2.18. The first-order valence-electron chi connectivity index (χ1n) is 9.82. The third kappa shape index (κ3) is 13.6. The van der Waals surface area contributed by atoms with Gasteiger partial charge in [0, 0.05) is 25.0 Å². The highest BCUT2D eigenvalue weighted by Crippen LogP contribution is 2.23. The van der Waals surface area contributed by atoms with Crippen LogP contribution in [0.1, 0.15) is 52.4 Å². The molecule has 0 saturated carbocycles. The van der Waals surface area contributed by atoms with E-state index in [-0.39, 0.29) is 49.6 Å². The van der Waals surface area contributed by atoms with Gasteiger partial charge < -0.3 is 20.5 Å². The number of rotatable bonds is 17. The molecule has 172 valence electrons. The van der Waals surface area contributed by atoms with Gasteiger partial charge in [0.05, 0.1) is 31.9 Å². The smallest absolute Gasteiger partial charge is 0.322 e. The van der Waals surface area contributed by atoms with Crippen molar-refractivity contribution in [1.82, 2.24) is 5.32 Å². The molecule has 0 heterocycles. The summed E-state index contributed by atoms with van der Waals surface area (Å²) >= 11 is 0. The van der Waals surface area contributed by atoms with Gasteiger partial charge in [0.15, 0.2) is 5.78 Å². The molecule has 11 heteroatoms. The van der Waals surface area contributed by atoms with E-state index in [1.807, 2.05) is 6.92 Å². The molecule has 0 fully saturated rings. The average Bonchev–Trinajstić information content (AvgIpc) is 2.72. The van der Waals surface area contributed by atoms with E-state index in [9.17, 15) is 24.0 Å². The van der Waals surface area contributed by atoms with Crippen molar-refractivity contribution in [3.63, 3.8) is 0 Å². The monoisotopic (exact) mass is 464 g/mol. The fourth-order valence-corrected chi connectivity index (χ4v) is 4.41. The van der Waals surface area contributed by atoms with Gasteiger partial charge in [-0.1, -0.05) is 28.5 Å². The van der Waals surface area contributed by atoms with Crippen LogP contribution in [0.5, 0.6) is 0 Å². The first kappa shape index (κ1) is 28.4. The quantitative estimate of drug-likeness (QED) is 0.184. The number of methoxy groups -OCH3 is 1. The highest BCUT2D eigenvalue weighted by atomic mass is 33.1. The molecule has 9 nitrogen and oxygen atoms in total. The number of esters is 2. The number of Topliss-reactive ketones (excluding diaryl/α,β-unsaturated/α-hetero) is 2. The summed E-state index contributed by atoms with van der Waals surface area (Å²) in [7, 11) is 3.86. The number of carbonyl (C=O) groups is 5. The Morgan fingerprint density at radius 1 is 1.00 bits per heavy atom. The zero-order chi connectivity index (χ0) is 22.9. The largest absolute Gasteiger partial charge is 0.469 e. The molecule has 0 aliphatic rings. The van der Waals surface area contributed by atoms with Crippen LogP contribution in [0.15, 0.2) is 0 Å². The van der Waals surface area contributed by atoms with E-state index in [0.717, 1.165) is 6.42 Å². The minimum Gasteiger partial charge on any atom is -0.469 e. The van der Waals surface area contributed by atoms with Gasteiger partial charge in [0.1, 0.15) is 11.8 Å². The van der Waals surface area contributed by atoms with E-state index >= 15 is 0 Å². The molecule has 0 saturated heterocycles. The third-order valence-corrected chi connectivity index (χ3v) is 6.20. The van der Waals surface area contributed by atoms with Crippen molar-refractivity contribution in [2.45, 2.75) is 64.5 Å². The van der Waals surface area contributed by atoms with Gasteiger partial charge in [-0.2, -0.15) is 0 Å². The molecule has 0 bridgehead atoms. The van der Waals surface area contributed by atoms with Crippen molar-refractivity contribution < 1.29 is 33.4 Å². The van der Waals surface area contributed by atoms with Gasteiger partial charge in [-0.05, 0) is 19.8 Å². The summed E-state index contributed by atoms with van der Waals surface area (Å²) in [5.41, 5.74) is 5.68. The highest BCUT2D eigenvalue weighted by molar-refractivity contribution is 8.76. The van der Waals surface area contributed by atoms with E-state index in [4.69, 9.17) is 10.5 Å². The Labute approximate surface area is 185 Å². The number of ether oxygens (including phenoxy) is 2. The molecular formula is C19H32N2O7S2. The van der Waals surface area contributed by atoms with Gasteiger partial charge in [-0.25, -0.2) is 0 Å². The molecule has 0 aromatic carbocycles. The molecule has 2 atom stereocenters. The molecule has 0 aliphatic carbocycles. The molecule has 1 amide bonds. The zero-order valence-corrected chi connectivity index (χ0v) is 19.4. The Balaban J connectivity index is 4.67. The second-order valence-electron chi connectivity index (χ2n) is 6.40. The molecule has 0 aliphatic heterocycles. The average molecular weight is 465 g/mol. The predicted octanol–water partition coefficient (Wildman–Crippen LogP) is 1.41.